The number of H-pyrrole nitrogens is 1. The number of anilines is 1. The van der Waals surface area contributed by atoms with Gasteiger partial charge in [0.25, 0.3) is 5.56 Å². The van der Waals surface area contributed by atoms with Crippen molar-refractivity contribution in [3.05, 3.63) is 22.2 Å². The summed E-state index contributed by atoms with van der Waals surface area (Å²) >= 11 is 0. The van der Waals surface area contributed by atoms with Crippen LogP contribution in [0.3, 0.4) is 0 Å². The predicted molar refractivity (Wildman–Crippen MR) is 62.3 cm³/mol. The van der Waals surface area contributed by atoms with E-state index < -0.39 is 18.3 Å². The number of nitrogen functional groups attached to an aromatic ring is 1. The molecule has 0 amide bonds. The van der Waals surface area contributed by atoms with E-state index in [1.54, 1.807) is 0 Å². The van der Waals surface area contributed by atoms with E-state index in [1.807, 2.05) is 0 Å². The Morgan fingerprint density at radius 1 is 1.50 bits per heavy atom. The summed E-state index contributed by atoms with van der Waals surface area (Å²) < 4.78 is 0. The average molecular weight is 247 g/mol. The van der Waals surface area contributed by atoms with E-state index in [0.717, 1.165) is 0 Å². The molecule has 1 atom stereocenters. The molecule has 8 heteroatoms. The minimum Gasteiger partial charge on any atom is -0.393 e. The number of nitrogens with zero attached hydrogens (tertiary/aromatic N) is 3. The maximum atomic E-state index is 11.5. The quantitative estimate of drug-likeness (QED) is 0.427. The molecule has 5 N–H and O–H groups in total. The van der Waals surface area contributed by atoms with Gasteiger partial charge in [-0.2, -0.15) is 4.98 Å². The molecule has 0 spiro atoms. The average Bonchev–Trinajstić information content (AvgIpc) is 2.36. The van der Waals surface area contributed by atoms with Gasteiger partial charge in [-0.15, -0.1) is 0 Å². The van der Waals surface area contributed by atoms with Crippen LogP contribution < -0.4 is 11.3 Å². The van der Waals surface area contributed by atoms with Crippen molar-refractivity contribution in [3.63, 3.8) is 0 Å². The summed E-state index contributed by atoms with van der Waals surface area (Å²) in [6, 6.07) is 0. The zero-order valence-electron chi connectivity index (χ0n) is 9.08. The highest BCUT2D eigenvalue weighted by molar-refractivity contribution is 5.69. The second-order valence-corrected chi connectivity index (χ2v) is 3.35. The number of nitrogens with one attached hydrogen (secondary N) is 1. The molecule has 0 aromatic carbocycles. The molecule has 8 nitrogen and oxygen atoms in total. The molecule has 0 saturated heterocycles. The second-order valence-electron chi connectivity index (χ2n) is 3.35. The van der Waals surface area contributed by atoms with E-state index in [0.29, 0.717) is 0 Å². The molecule has 0 saturated carbocycles. The summed E-state index contributed by atoms with van der Waals surface area (Å²) in [6.45, 7) is -0.479. The SMILES string of the molecule is Nc1nc2ncc(C#C[C@H](O)CO)nc2c(=O)[nH]1. The van der Waals surface area contributed by atoms with Gasteiger partial charge >= 0.3 is 0 Å². The van der Waals surface area contributed by atoms with Gasteiger partial charge in [-0.3, -0.25) is 9.78 Å². The highest BCUT2D eigenvalue weighted by atomic mass is 16.3. The van der Waals surface area contributed by atoms with Gasteiger partial charge in [0.2, 0.25) is 5.95 Å². The largest absolute Gasteiger partial charge is 0.393 e. The third-order valence-corrected chi connectivity index (χ3v) is 1.98. The molecule has 0 radical (unpaired) electrons. The van der Waals surface area contributed by atoms with Crippen LogP contribution in [0.1, 0.15) is 5.69 Å². The van der Waals surface area contributed by atoms with Gasteiger partial charge in [0.15, 0.2) is 11.2 Å². The lowest BCUT2D eigenvalue weighted by Crippen LogP contribution is -2.14. The Morgan fingerprint density at radius 3 is 3.00 bits per heavy atom. The maximum absolute atomic E-state index is 11.5. The first-order valence-electron chi connectivity index (χ1n) is 4.93. The fourth-order valence-electron chi connectivity index (χ4n) is 1.20. The van der Waals surface area contributed by atoms with Crippen molar-refractivity contribution in [1.29, 1.82) is 0 Å². The fraction of sp³-hybridized carbons (Fsp3) is 0.200. The van der Waals surface area contributed by atoms with Crippen molar-refractivity contribution in [3.8, 4) is 11.8 Å². The number of aromatic nitrogens is 4. The summed E-state index contributed by atoms with van der Waals surface area (Å²) in [5, 5.41) is 17.6. The highest BCUT2D eigenvalue weighted by Gasteiger charge is 2.05. The van der Waals surface area contributed by atoms with Gasteiger partial charge in [-0.25, -0.2) is 9.97 Å². The lowest BCUT2D eigenvalue weighted by Gasteiger charge is -1.97. The molecule has 2 rings (SSSR count). The minimum absolute atomic E-state index is 0.00879. The number of hydrogen-bond donors (Lipinski definition) is 4. The van der Waals surface area contributed by atoms with Crippen molar-refractivity contribution in [2.24, 2.45) is 0 Å². The Balaban J connectivity index is 2.50. The number of hydrogen-bond acceptors (Lipinski definition) is 7. The van der Waals surface area contributed by atoms with Crippen molar-refractivity contribution < 1.29 is 10.2 Å². The Hall–Kier alpha value is -2.50. The van der Waals surface area contributed by atoms with Crippen LogP contribution in [-0.2, 0) is 0 Å². The molecule has 0 fully saturated rings. The molecule has 2 aromatic heterocycles. The molecular weight excluding hydrogens is 238 g/mol. The van der Waals surface area contributed by atoms with Crippen LogP contribution in [0, 0.1) is 11.8 Å². The van der Waals surface area contributed by atoms with E-state index in [4.69, 9.17) is 15.9 Å². The minimum atomic E-state index is -1.16. The fourth-order valence-corrected chi connectivity index (χ4v) is 1.20. The van der Waals surface area contributed by atoms with Crippen LogP contribution in [0.25, 0.3) is 11.2 Å². The molecular formula is C10H9N5O3. The number of aromatic amines is 1. The topological polar surface area (TPSA) is 138 Å². The van der Waals surface area contributed by atoms with Crippen LogP contribution in [0.5, 0.6) is 0 Å². The third kappa shape index (κ3) is 2.42. The van der Waals surface area contributed by atoms with E-state index >= 15 is 0 Å². The molecule has 2 aromatic rings. The summed E-state index contributed by atoms with van der Waals surface area (Å²) in [7, 11) is 0. The van der Waals surface area contributed by atoms with E-state index in [1.165, 1.54) is 6.20 Å². The number of aliphatic hydroxyl groups is 2. The first-order chi connectivity index (χ1) is 8.60. The van der Waals surface area contributed by atoms with Crippen molar-refractivity contribution >= 4 is 17.1 Å². The monoisotopic (exact) mass is 247 g/mol. The molecule has 0 aliphatic carbocycles. The number of nitrogens with two attached hydrogens (primary N) is 1. The zero-order chi connectivity index (χ0) is 13.1. The van der Waals surface area contributed by atoms with Gasteiger partial charge in [-0.05, 0) is 5.92 Å². The van der Waals surface area contributed by atoms with Crippen molar-refractivity contribution in [1.82, 2.24) is 19.9 Å². The Morgan fingerprint density at radius 2 is 2.28 bits per heavy atom. The summed E-state index contributed by atoms with van der Waals surface area (Å²) in [6.07, 6.45) is 0.135. The van der Waals surface area contributed by atoms with Crippen LogP contribution in [0.4, 0.5) is 5.95 Å². The van der Waals surface area contributed by atoms with Gasteiger partial charge in [-0.1, -0.05) is 5.92 Å². The van der Waals surface area contributed by atoms with Crippen molar-refractivity contribution in [2.45, 2.75) is 6.10 Å². The van der Waals surface area contributed by atoms with Crippen molar-refractivity contribution in [2.75, 3.05) is 12.3 Å². The van der Waals surface area contributed by atoms with Gasteiger partial charge in [0.05, 0.1) is 12.8 Å². The first kappa shape index (κ1) is 12.0. The lowest BCUT2D eigenvalue weighted by atomic mass is 10.3. The predicted octanol–water partition coefficient (Wildman–Crippen LogP) is -2.00. The highest BCUT2D eigenvalue weighted by Crippen LogP contribution is 2.01. The van der Waals surface area contributed by atoms with Crippen LogP contribution in [0.15, 0.2) is 11.0 Å². The maximum Gasteiger partial charge on any atom is 0.280 e. The molecule has 0 unspecified atom stereocenters. The Kier molecular flexibility index (Phi) is 3.18. The molecule has 0 aliphatic heterocycles. The number of aliphatic hydroxyl groups excluding tert-OH is 2. The molecule has 18 heavy (non-hydrogen) atoms. The number of rotatable bonds is 1. The van der Waals surface area contributed by atoms with Gasteiger partial charge in [0.1, 0.15) is 11.8 Å². The molecule has 92 valence electrons. The van der Waals surface area contributed by atoms with E-state index in [2.05, 4.69) is 31.8 Å². The zero-order valence-corrected chi connectivity index (χ0v) is 9.08. The Labute approximate surface area is 101 Å². The van der Waals surface area contributed by atoms with E-state index in [9.17, 15) is 4.79 Å². The Bertz CT molecular complexity index is 700. The van der Waals surface area contributed by atoms with Crippen LogP contribution in [-0.4, -0.2) is 42.9 Å². The molecule has 0 aliphatic rings. The normalized spacial score (nSPS) is 11.9. The first-order valence-corrected chi connectivity index (χ1v) is 4.93. The van der Waals surface area contributed by atoms with Crippen LogP contribution >= 0.6 is 0 Å². The molecule has 2 heterocycles. The van der Waals surface area contributed by atoms with Gasteiger partial charge < -0.3 is 15.9 Å². The summed E-state index contributed by atoms with van der Waals surface area (Å²) in [5.41, 5.74) is 5.15. The van der Waals surface area contributed by atoms with Gasteiger partial charge in [0, 0.05) is 0 Å². The second kappa shape index (κ2) is 4.79. The van der Waals surface area contributed by atoms with E-state index in [-0.39, 0.29) is 22.8 Å². The third-order valence-electron chi connectivity index (χ3n) is 1.98. The lowest BCUT2D eigenvalue weighted by molar-refractivity contribution is 0.138. The molecule has 0 bridgehead atoms. The standard InChI is InChI=1S/C10H9N5O3/c11-10-14-8-7(9(18)15-10)13-5(3-12-8)1-2-6(17)4-16/h3,6,16-17H,4H2,(H3,11,12,14,15,18)/t6-/m0/s1. The number of fused-ring (bicyclic) bond motifs is 1. The summed E-state index contributed by atoms with van der Waals surface area (Å²) in [4.78, 5) is 25.4. The smallest absolute Gasteiger partial charge is 0.280 e. The van der Waals surface area contributed by atoms with Crippen LogP contribution in [0.2, 0.25) is 0 Å². The summed E-state index contributed by atoms with van der Waals surface area (Å²) in [5.74, 6) is 4.78.